The van der Waals surface area contributed by atoms with Crippen LogP contribution < -0.4 is 9.46 Å². The van der Waals surface area contributed by atoms with Crippen LogP contribution in [0.3, 0.4) is 0 Å². The number of ether oxygens (including phenoxy) is 1. The summed E-state index contributed by atoms with van der Waals surface area (Å²) in [6, 6.07) is 13.3. The second-order valence-electron chi connectivity index (χ2n) is 7.18. The Morgan fingerprint density at radius 1 is 1.17 bits per heavy atom. The van der Waals surface area contributed by atoms with E-state index in [9.17, 15) is 13.2 Å². The molecule has 0 spiro atoms. The summed E-state index contributed by atoms with van der Waals surface area (Å²) in [7, 11) is -1.62. The molecule has 30 heavy (non-hydrogen) atoms. The van der Waals surface area contributed by atoms with E-state index in [4.69, 9.17) is 4.74 Å². The normalized spacial score (nSPS) is 11.7. The van der Waals surface area contributed by atoms with Gasteiger partial charge in [-0.2, -0.15) is 0 Å². The van der Waals surface area contributed by atoms with E-state index in [2.05, 4.69) is 25.2 Å². The van der Waals surface area contributed by atoms with E-state index in [0.29, 0.717) is 30.8 Å². The lowest BCUT2D eigenvalue weighted by atomic mass is 10.00. The zero-order chi connectivity index (χ0) is 21.9. The molecule has 3 rings (SSSR count). The van der Waals surface area contributed by atoms with Crippen molar-refractivity contribution in [3.8, 4) is 5.75 Å². The van der Waals surface area contributed by atoms with Crippen molar-refractivity contribution in [1.82, 2.24) is 9.29 Å². The van der Waals surface area contributed by atoms with Crippen LogP contribution in [0.5, 0.6) is 5.75 Å². The molecule has 0 saturated carbocycles. The number of carbonyl (C=O) groups excluding carboxylic acids is 1. The lowest BCUT2D eigenvalue weighted by Gasteiger charge is -2.10. The van der Waals surface area contributed by atoms with Gasteiger partial charge >= 0.3 is 0 Å². The molecule has 160 valence electrons. The highest BCUT2D eigenvalue weighted by Gasteiger charge is 2.22. The zero-order valence-corrected chi connectivity index (χ0v) is 19.6. The van der Waals surface area contributed by atoms with Crippen LogP contribution in [0, 0.1) is 6.92 Å². The summed E-state index contributed by atoms with van der Waals surface area (Å²) in [6.07, 6.45) is 2.00. The summed E-state index contributed by atoms with van der Waals surface area (Å²) in [5.41, 5.74) is 3.35. The smallest absolute Gasteiger partial charge is 0.208 e. The predicted molar refractivity (Wildman–Crippen MR) is 123 cm³/mol. The predicted octanol–water partition coefficient (Wildman–Crippen LogP) is 4.09. The molecule has 0 saturated heterocycles. The van der Waals surface area contributed by atoms with Crippen molar-refractivity contribution in [3.63, 3.8) is 0 Å². The van der Waals surface area contributed by atoms with Gasteiger partial charge in [-0.1, -0.05) is 30.3 Å². The average molecular weight is 493 g/mol. The third-order valence-corrected chi connectivity index (χ3v) is 6.41. The van der Waals surface area contributed by atoms with Gasteiger partial charge < -0.3 is 9.30 Å². The number of nitrogens with one attached hydrogen (secondary N) is 1. The van der Waals surface area contributed by atoms with Crippen LogP contribution in [-0.4, -0.2) is 38.7 Å². The fourth-order valence-electron chi connectivity index (χ4n) is 3.73. The van der Waals surface area contributed by atoms with Gasteiger partial charge in [0, 0.05) is 46.2 Å². The highest BCUT2D eigenvalue weighted by Crippen LogP contribution is 2.33. The third kappa shape index (κ3) is 4.94. The lowest BCUT2D eigenvalue weighted by molar-refractivity contribution is 0.0993. The number of fused-ring (bicyclic) bond motifs is 1. The maximum absolute atomic E-state index is 13.3. The topological polar surface area (TPSA) is 77.4 Å². The van der Waals surface area contributed by atoms with Crippen LogP contribution >= 0.6 is 15.9 Å². The monoisotopic (exact) mass is 492 g/mol. The molecule has 0 aliphatic rings. The number of hydrogen-bond donors (Lipinski definition) is 1. The van der Waals surface area contributed by atoms with Gasteiger partial charge in [-0.3, -0.25) is 4.79 Å². The molecule has 1 heterocycles. The molecular formula is C22H25BrN2O4S. The summed E-state index contributed by atoms with van der Waals surface area (Å²) in [5.74, 6) is 0.716. The Hall–Kier alpha value is -2.16. The summed E-state index contributed by atoms with van der Waals surface area (Å²) < 4.78 is 33.5. The van der Waals surface area contributed by atoms with E-state index in [1.165, 1.54) is 0 Å². The first kappa shape index (κ1) is 22.5. The van der Waals surface area contributed by atoms with Crippen LogP contribution in [-0.2, 0) is 23.0 Å². The Bertz CT molecular complexity index is 1190. The van der Waals surface area contributed by atoms with Gasteiger partial charge in [-0.05, 0) is 41.4 Å². The van der Waals surface area contributed by atoms with Gasteiger partial charge in [-0.15, -0.1) is 0 Å². The standard InChI is InChI=1S/C22H25BrN2O4S/c1-15-21(19(26)14-16-8-4-5-11-20(16)29-2)17-9-6-10-18(23)22(17)25(15)13-7-12-24-30(3,27)28/h4-6,8-11,24H,7,12-14H2,1-3H3. The maximum atomic E-state index is 13.3. The Balaban J connectivity index is 1.96. The summed E-state index contributed by atoms with van der Waals surface area (Å²) >= 11 is 3.61. The third-order valence-electron chi connectivity index (χ3n) is 5.04. The number of para-hydroxylation sites is 2. The SMILES string of the molecule is COc1ccccc1CC(=O)c1c(C)n(CCCNS(C)(=O)=O)c2c(Br)cccc12. The van der Waals surface area contributed by atoms with Crippen LogP contribution in [0.4, 0.5) is 0 Å². The lowest BCUT2D eigenvalue weighted by Crippen LogP contribution is -2.24. The number of methoxy groups -OCH3 is 1. The van der Waals surface area contributed by atoms with Crippen molar-refractivity contribution >= 4 is 42.6 Å². The molecule has 1 N–H and O–H groups in total. The zero-order valence-electron chi connectivity index (χ0n) is 17.2. The minimum atomic E-state index is -3.22. The fraction of sp³-hybridized carbons (Fsp3) is 0.318. The van der Waals surface area contributed by atoms with Crippen molar-refractivity contribution in [2.24, 2.45) is 0 Å². The number of sulfonamides is 1. The van der Waals surface area contributed by atoms with E-state index in [-0.39, 0.29) is 12.2 Å². The van der Waals surface area contributed by atoms with Gasteiger partial charge in [0.2, 0.25) is 10.0 Å². The van der Waals surface area contributed by atoms with Crippen molar-refractivity contribution in [3.05, 3.63) is 63.8 Å². The number of hydrogen-bond acceptors (Lipinski definition) is 4. The largest absolute Gasteiger partial charge is 0.496 e. The fourth-order valence-corrected chi connectivity index (χ4v) is 4.82. The van der Waals surface area contributed by atoms with E-state index in [1.54, 1.807) is 7.11 Å². The van der Waals surface area contributed by atoms with Crippen LogP contribution in [0.15, 0.2) is 46.9 Å². The summed E-state index contributed by atoms with van der Waals surface area (Å²) in [4.78, 5) is 13.3. The number of halogens is 1. The van der Waals surface area contributed by atoms with E-state index >= 15 is 0 Å². The van der Waals surface area contributed by atoms with Gasteiger partial charge in [0.25, 0.3) is 0 Å². The molecule has 0 aliphatic carbocycles. The molecule has 0 amide bonds. The van der Waals surface area contributed by atoms with Gasteiger partial charge in [0.1, 0.15) is 5.75 Å². The second-order valence-corrected chi connectivity index (χ2v) is 9.87. The van der Waals surface area contributed by atoms with Crippen molar-refractivity contribution < 1.29 is 17.9 Å². The Kier molecular flexibility index (Phi) is 7.00. The summed E-state index contributed by atoms with van der Waals surface area (Å²) in [5, 5.41) is 0.887. The van der Waals surface area contributed by atoms with Crippen molar-refractivity contribution in [2.45, 2.75) is 26.3 Å². The average Bonchev–Trinajstić information content (AvgIpc) is 2.97. The molecule has 3 aromatic rings. The Morgan fingerprint density at radius 2 is 1.90 bits per heavy atom. The number of benzene rings is 2. The number of aromatic nitrogens is 1. The first-order chi connectivity index (χ1) is 14.2. The summed E-state index contributed by atoms with van der Waals surface area (Å²) in [6.45, 7) is 2.87. The second kappa shape index (κ2) is 9.32. The van der Waals surface area contributed by atoms with Crippen LogP contribution in [0.1, 0.15) is 28.0 Å². The van der Waals surface area contributed by atoms with E-state index in [0.717, 1.165) is 32.9 Å². The molecule has 0 fully saturated rings. The first-order valence-electron chi connectivity index (χ1n) is 9.60. The first-order valence-corrected chi connectivity index (χ1v) is 12.3. The van der Waals surface area contributed by atoms with Crippen molar-refractivity contribution in [2.75, 3.05) is 19.9 Å². The van der Waals surface area contributed by atoms with Crippen molar-refractivity contribution in [1.29, 1.82) is 0 Å². The highest BCUT2D eigenvalue weighted by atomic mass is 79.9. The molecular weight excluding hydrogens is 468 g/mol. The molecule has 0 atom stereocenters. The van der Waals surface area contributed by atoms with E-state index in [1.807, 2.05) is 49.4 Å². The number of carbonyl (C=O) groups is 1. The molecule has 6 nitrogen and oxygen atoms in total. The minimum absolute atomic E-state index is 0.0214. The number of nitrogens with zero attached hydrogens (tertiary/aromatic N) is 1. The molecule has 8 heteroatoms. The molecule has 2 aromatic carbocycles. The molecule has 1 aromatic heterocycles. The molecule has 0 radical (unpaired) electrons. The maximum Gasteiger partial charge on any atom is 0.208 e. The molecule has 0 aliphatic heterocycles. The van der Waals surface area contributed by atoms with Gasteiger partial charge in [-0.25, -0.2) is 13.1 Å². The highest BCUT2D eigenvalue weighted by molar-refractivity contribution is 9.10. The van der Waals surface area contributed by atoms with E-state index < -0.39 is 10.0 Å². The Labute approximate surface area is 185 Å². The number of Topliss-reactive ketones (excluding diaryl/α,β-unsaturated/α-hetero) is 1. The van der Waals surface area contributed by atoms with Gasteiger partial charge in [0.05, 0.1) is 18.9 Å². The Morgan fingerprint density at radius 3 is 2.60 bits per heavy atom. The number of rotatable bonds is 9. The quantitative estimate of drug-likeness (QED) is 0.360. The molecule has 0 unspecified atom stereocenters. The number of aryl methyl sites for hydroxylation is 1. The number of ketones is 1. The van der Waals surface area contributed by atoms with Crippen LogP contribution in [0.2, 0.25) is 0 Å². The minimum Gasteiger partial charge on any atom is -0.496 e. The van der Waals surface area contributed by atoms with Gasteiger partial charge in [0.15, 0.2) is 5.78 Å². The van der Waals surface area contributed by atoms with Crippen LogP contribution in [0.25, 0.3) is 10.9 Å². The molecule has 0 bridgehead atoms.